The van der Waals surface area contributed by atoms with Crippen molar-refractivity contribution in [1.82, 2.24) is 0 Å². The highest BCUT2D eigenvalue weighted by Crippen LogP contribution is 2.39. The number of nitrogens with zero attached hydrogens (tertiary/aromatic N) is 1. The SMILES string of the molecule is CSc1ccc2c(c1)SC(C(=O)O)CN2C. The van der Waals surface area contributed by atoms with Gasteiger partial charge in [0, 0.05) is 23.4 Å². The van der Waals surface area contributed by atoms with Gasteiger partial charge in [0.2, 0.25) is 0 Å². The van der Waals surface area contributed by atoms with E-state index in [1.807, 2.05) is 18.2 Å². The first-order chi connectivity index (χ1) is 7.61. The molecule has 0 radical (unpaired) electrons. The zero-order valence-electron chi connectivity index (χ0n) is 9.14. The second-order valence-electron chi connectivity index (χ2n) is 3.66. The summed E-state index contributed by atoms with van der Waals surface area (Å²) in [5.74, 6) is -0.739. The normalized spacial score (nSPS) is 19.4. The molecule has 5 heteroatoms. The Morgan fingerprint density at radius 1 is 1.62 bits per heavy atom. The molecule has 1 unspecified atom stereocenters. The number of fused-ring (bicyclic) bond motifs is 1. The largest absolute Gasteiger partial charge is 0.480 e. The standard InChI is InChI=1S/C11H13NO2S2/c1-12-6-10(11(13)14)16-9-5-7(15-2)3-4-8(9)12/h3-5,10H,6H2,1-2H3,(H,13,14). The summed E-state index contributed by atoms with van der Waals surface area (Å²) in [6.07, 6.45) is 2.02. The van der Waals surface area contributed by atoms with E-state index < -0.39 is 5.97 Å². The number of carbonyl (C=O) groups is 1. The maximum absolute atomic E-state index is 11.0. The van der Waals surface area contributed by atoms with Gasteiger partial charge in [0.15, 0.2) is 0 Å². The molecule has 0 fully saturated rings. The molecule has 1 heterocycles. The molecule has 1 aromatic carbocycles. The minimum absolute atomic E-state index is 0.366. The number of thioether (sulfide) groups is 2. The van der Waals surface area contributed by atoms with Gasteiger partial charge in [-0.1, -0.05) is 0 Å². The lowest BCUT2D eigenvalue weighted by molar-refractivity contribution is -0.136. The van der Waals surface area contributed by atoms with Crippen molar-refractivity contribution in [2.45, 2.75) is 15.0 Å². The Balaban J connectivity index is 2.35. The average molecular weight is 255 g/mol. The van der Waals surface area contributed by atoms with E-state index in [1.54, 1.807) is 11.8 Å². The van der Waals surface area contributed by atoms with Gasteiger partial charge in [-0.2, -0.15) is 0 Å². The summed E-state index contributed by atoms with van der Waals surface area (Å²) < 4.78 is 0. The van der Waals surface area contributed by atoms with Crippen LogP contribution >= 0.6 is 23.5 Å². The first-order valence-electron chi connectivity index (χ1n) is 4.90. The van der Waals surface area contributed by atoms with E-state index in [-0.39, 0.29) is 5.25 Å². The summed E-state index contributed by atoms with van der Waals surface area (Å²) in [4.78, 5) is 15.3. The Kier molecular flexibility index (Phi) is 3.35. The van der Waals surface area contributed by atoms with Gasteiger partial charge in [0.25, 0.3) is 0 Å². The number of carboxylic acid groups (broad SMARTS) is 1. The Bertz CT molecular complexity index is 422. The maximum Gasteiger partial charge on any atom is 0.318 e. The van der Waals surface area contributed by atoms with E-state index >= 15 is 0 Å². The van der Waals surface area contributed by atoms with Crippen molar-refractivity contribution in [2.75, 3.05) is 24.7 Å². The second kappa shape index (κ2) is 4.59. The zero-order chi connectivity index (χ0) is 11.7. The third-order valence-electron chi connectivity index (χ3n) is 2.56. The summed E-state index contributed by atoms with van der Waals surface area (Å²) in [5, 5.41) is 8.69. The number of anilines is 1. The summed E-state index contributed by atoms with van der Waals surface area (Å²) in [5.41, 5.74) is 1.13. The van der Waals surface area contributed by atoms with E-state index in [0.29, 0.717) is 6.54 Å². The highest BCUT2D eigenvalue weighted by molar-refractivity contribution is 8.01. The molecule has 0 aliphatic carbocycles. The van der Waals surface area contributed by atoms with Gasteiger partial charge < -0.3 is 10.0 Å². The first-order valence-corrected chi connectivity index (χ1v) is 7.01. The molecule has 1 N–H and O–H groups in total. The van der Waals surface area contributed by atoms with Crippen LogP contribution in [0.15, 0.2) is 28.0 Å². The van der Waals surface area contributed by atoms with Crippen LogP contribution in [0.25, 0.3) is 0 Å². The Hall–Kier alpha value is -0.810. The van der Waals surface area contributed by atoms with Crippen molar-refractivity contribution < 1.29 is 9.90 Å². The number of hydrogen-bond acceptors (Lipinski definition) is 4. The number of rotatable bonds is 2. The van der Waals surface area contributed by atoms with E-state index in [4.69, 9.17) is 5.11 Å². The van der Waals surface area contributed by atoms with E-state index in [0.717, 1.165) is 10.6 Å². The fraction of sp³-hybridized carbons (Fsp3) is 0.364. The molecule has 0 spiro atoms. The predicted molar refractivity (Wildman–Crippen MR) is 68.8 cm³/mol. The van der Waals surface area contributed by atoms with Gasteiger partial charge in [-0.3, -0.25) is 4.79 Å². The van der Waals surface area contributed by atoms with Gasteiger partial charge >= 0.3 is 5.97 Å². The average Bonchev–Trinajstić information content (AvgIpc) is 2.28. The van der Waals surface area contributed by atoms with Crippen molar-refractivity contribution in [1.29, 1.82) is 0 Å². The predicted octanol–water partition coefficient (Wildman–Crippen LogP) is 2.40. The van der Waals surface area contributed by atoms with Gasteiger partial charge in [-0.25, -0.2) is 0 Å². The zero-order valence-corrected chi connectivity index (χ0v) is 10.8. The van der Waals surface area contributed by atoms with Crippen molar-refractivity contribution >= 4 is 35.2 Å². The van der Waals surface area contributed by atoms with Gasteiger partial charge in [0.05, 0.1) is 5.69 Å². The lowest BCUT2D eigenvalue weighted by atomic mass is 10.2. The van der Waals surface area contributed by atoms with E-state index in [2.05, 4.69) is 18.2 Å². The molecule has 0 saturated heterocycles. The Morgan fingerprint density at radius 3 is 3.00 bits per heavy atom. The molecule has 86 valence electrons. The van der Waals surface area contributed by atoms with Crippen LogP contribution in [0.2, 0.25) is 0 Å². The van der Waals surface area contributed by atoms with Crippen LogP contribution in [-0.2, 0) is 4.79 Å². The molecule has 0 saturated carbocycles. The molecule has 1 aliphatic rings. The smallest absolute Gasteiger partial charge is 0.318 e. The van der Waals surface area contributed by atoms with Crippen molar-refractivity contribution in [2.24, 2.45) is 0 Å². The molecule has 1 aromatic rings. The molecule has 1 atom stereocenters. The third kappa shape index (κ3) is 2.15. The molecule has 0 bridgehead atoms. The fourth-order valence-corrected chi connectivity index (χ4v) is 3.46. The van der Waals surface area contributed by atoms with Crippen molar-refractivity contribution in [3.63, 3.8) is 0 Å². The minimum atomic E-state index is -0.739. The third-order valence-corrected chi connectivity index (χ3v) is 4.50. The minimum Gasteiger partial charge on any atom is -0.480 e. The highest BCUT2D eigenvalue weighted by atomic mass is 32.2. The van der Waals surface area contributed by atoms with Crippen LogP contribution in [0.3, 0.4) is 0 Å². The molecule has 0 aromatic heterocycles. The summed E-state index contributed by atoms with van der Waals surface area (Å²) in [6.45, 7) is 0.561. The van der Waals surface area contributed by atoms with Gasteiger partial charge in [-0.05, 0) is 24.5 Å². The summed E-state index contributed by atoms with van der Waals surface area (Å²) >= 11 is 3.12. The van der Waals surface area contributed by atoms with E-state index in [9.17, 15) is 4.79 Å². The molecular weight excluding hydrogens is 242 g/mol. The second-order valence-corrected chi connectivity index (χ2v) is 5.78. The lowest BCUT2D eigenvalue weighted by Crippen LogP contribution is -2.35. The Morgan fingerprint density at radius 2 is 2.38 bits per heavy atom. The topological polar surface area (TPSA) is 40.5 Å². The van der Waals surface area contributed by atoms with Crippen molar-refractivity contribution in [3.8, 4) is 0 Å². The fourth-order valence-electron chi connectivity index (χ4n) is 1.70. The summed E-state index contributed by atoms with van der Waals surface area (Å²) in [7, 11) is 1.94. The van der Waals surface area contributed by atoms with Crippen LogP contribution in [0.1, 0.15) is 0 Å². The molecular formula is C11H13NO2S2. The maximum atomic E-state index is 11.0. The number of aliphatic carboxylic acids is 1. The van der Waals surface area contributed by atoms with Gasteiger partial charge in [0.1, 0.15) is 5.25 Å². The number of hydrogen-bond donors (Lipinski definition) is 1. The quantitative estimate of drug-likeness (QED) is 0.822. The lowest BCUT2D eigenvalue weighted by Gasteiger charge is -2.31. The molecule has 1 aliphatic heterocycles. The molecule has 0 amide bonds. The van der Waals surface area contributed by atoms with Crippen LogP contribution < -0.4 is 4.90 Å². The van der Waals surface area contributed by atoms with Crippen LogP contribution in [0.5, 0.6) is 0 Å². The number of benzene rings is 1. The Labute approximate surface area is 103 Å². The van der Waals surface area contributed by atoms with Crippen LogP contribution in [-0.4, -0.2) is 36.2 Å². The monoisotopic (exact) mass is 255 g/mol. The molecule has 2 rings (SSSR count). The molecule has 3 nitrogen and oxygen atoms in total. The van der Waals surface area contributed by atoms with Crippen LogP contribution in [0, 0.1) is 0 Å². The first kappa shape index (κ1) is 11.7. The van der Waals surface area contributed by atoms with E-state index in [1.165, 1.54) is 16.7 Å². The van der Waals surface area contributed by atoms with Crippen LogP contribution in [0.4, 0.5) is 5.69 Å². The molecule has 16 heavy (non-hydrogen) atoms. The van der Waals surface area contributed by atoms with Crippen molar-refractivity contribution in [3.05, 3.63) is 18.2 Å². The highest BCUT2D eigenvalue weighted by Gasteiger charge is 2.28. The van der Waals surface area contributed by atoms with Gasteiger partial charge in [-0.15, -0.1) is 23.5 Å². The number of carboxylic acids is 1. The summed E-state index contributed by atoms with van der Waals surface area (Å²) in [6, 6.07) is 6.20.